The number of amides is 2. The summed E-state index contributed by atoms with van der Waals surface area (Å²) < 4.78 is 43.8. The largest absolute Gasteiger partial charge is 0.417 e. The third kappa shape index (κ3) is 3.65. The van der Waals surface area contributed by atoms with Crippen molar-refractivity contribution >= 4 is 6.03 Å². The van der Waals surface area contributed by atoms with Crippen LogP contribution in [0.2, 0.25) is 0 Å². The third-order valence-corrected chi connectivity index (χ3v) is 4.57. The molecule has 0 spiro atoms. The Bertz CT molecular complexity index is 389. The van der Waals surface area contributed by atoms with E-state index in [2.05, 4.69) is 5.32 Å². The molecule has 0 aliphatic carbocycles. The number of alkyl halides is 3. The van der Waals surface area contributed by atoms with Crippen molar-refractivity contribution in [1.82, 2.24) is 10.2 Å². The number of likely N-dealkylation sites (tertiary alicyclic amines) is 1. The van der Waals surface area contributed by atoms with Crippen LogP contribution in [0.15, 0.2) is 0 Å². The van der Waals surface area contributed by atoms with Crippen LogP contribution in [0.3, 0.4) is 0 Å². The lowest BCUT2D eigenvalue weighted by Crippen LogP contribution is -2.57. The third-order valence-electron chi connectivity index (χ3n) is 4.57. The minimum atomic E-state index is -4.65. The number of hydrogen-bond acceptors (Lipinski definition) is 3. The Balaban J connectivity index is 1.86. The predicted octanol–water partition coefficient (Wildman–Crippen LogP) is 2.04. The van der Waals surface area contributed by atoms with Gasteiger partial charge in [0.05, 0.1) is 12.1 Å². The zero-order chi connectivity index (χ0) is 16.4. The predicted molar refractivity (Wildman–Crippen MR) is 73.4 cm³/mol. The monoisotopic (exact) mass is 324 g/mol. The molecule has 2 fully saturated rings. The van der Waals surface area contributed by atoms with Crippen LogP contribution in [0.1, 0.15) is 39.0 Å². The van der Waals surface area contributed by atoms with Crippen LogP contribution in [-0.2, 0) is 4.74 Å². The van der Waals surface area contributed by atoms with Crippen LogP contribution in [0, 0.1) is 0 Å². The van der Waals surface area contributed by atoms with Crippen LogP contribution in [-0.4, -0.2) is 59.7 Å². The van der Waals surface area contributed by atoms with Crippen molar-refractivity contribution in [1.29, 1.82) is 0 Å². The van der Waals surface area contributed by atoms with E-state index < -0.39 is 24.6 Å². The molecule has 5 nitrogen and oxygen atoms in total. The Hall–Kier alpha value is -1.02. The van der Waals surface area contributed by atoms with Gasteiger partial charge in [0, 0.05) is 32.5 Å². The number of ether oxygens (including phenoxy) is 1. The van der Waals surface area contributed by atoms with Gasteiger partial charge in [-0.1, -0.05) is 6.92 Å². The molecule has 2 aliphatic heterocycles. The fourth-order valence-corrected chi connectivity index (χ4v) is 2.99. The Kier molecular flexibility index (Phi) is 5.21. The Morgan fingerprint density at radius 2 is 2.09 bits per heavy atom. The molecule has 2 atom stereocenters. The lowest BCUT2D eigenvalue weighted by Gasteiger charge is -2.39. The molecule has 0 saturated carbocycles. The van der Waals surface area contributed by atoms with E-state index in [-0.39, 0.29) is 31.3 Å². The summed E-state index contributed by atoms with van der Waals surface area (Å²) in [6, 6.07) is -0.509. The number of aliphatic hydroxyl groups is 1. The second-order valence-electron chi connectivity index (χ2n) is 6.03. The summed E-state index contributed by atoms with van der Waals surface area (Å²) in [5.74, 6) is 0. The molecular formula is C14H23F3N2O3. The van der Waals surface area contributed by atoms with Gasteiger partial charge in [-0.2, -0.15) is 13.2 Å². The number of urea groups is 1. The average Bonchev–Trinajstić information content (AvgIpc) is 2.98. The van der Waals surface area contributed by atoms with E-state index >= 15 is 0 Å². The summed E-state index contributed by atoms with van der Waals surface area (Å²) in [6.45, 7) is 2.40. The molecule has 0 aromatic heterocycles. The van der Waals surface area contributed by atoms with E-state index in [0.29, 0.717) is 13.0 Å². The summed E-state index contributed by atoms with van der Waals surface area (Å²) in [6.07, 6.45) is -3.10. The van der Waals surface area contributed by atoms with Gasteiger partial charge in [-0.3, -0.25) is 0 Å². The van der Waals surface area contributed by atoms with E-state index in [1.807, 2.05) is 6.92 Å². The molecule has 0 bridgehead atoms. The van der Waals surface area contributed by atoms with Crippen molar-refractivity contribution < 1.29 is 27.8 Å². The highest BCUT2D eigenvalue weighted by Gasteiger charge is 2.55. The molecular weight excluding hydrogens is 301 g/mol. The van der Waals surface area contributed by atoms with E-state index in [1.165, 1.54) is 4.90 Å². The maximum atomic E-state index is 12.7. The van der Waals surface area contributed by atoms with Gasteiger partial charge in [0.2, 0.25) is 0 Å². The molecule has 128 valence electrons. The molecule has 2 rings (SSSR count). The van der Waals surface area contributed by atoms with Crippen LogP contribution < -0.4 is 5.32 Å². The number of piperidine rings is 1. The van der Waals surface area contributed by atoms with Gasteiger partial charge in [-0.25, -0.2) is 4.79 Å². The molecule has 8 heteroatoms. The number of rotatable bonds is 3. The average molecular weight is 324 g/mol. The standard InChI is InChI=1S/C14H23F3N2O3/c1-2-10(11-4-3-9-22-11)18-12(20)19-7-5-13(21,6-8-19)14(15,16)17/h10-11,21H,2-9H2,1H3,(H,18,20). The molecule has 2 saturated heterocycles. The molecule has 2 unspecified atom stereocenters. The van der Waals surface area contributed by atoms with Gasteiger partial charge in [-0.05, 0) is 19.3 Å². The molecule has 2 amide bonds. The number of nitrogens with one attached hydrogen (secondary N) is 1. The van der Waals surface area contributed by atoms with Crippen LogP contribution in [0.25, 0.3) is 0 Å². The van der Waals surface area contributed by atoms with E-state index in [4.69, 9.17) is 4.74 Å². The smallest absolute Gasteiger partial charge is 0.380 e. The van der Waals surface area contributed by atoms with Crippen molar-refractivity contribution in [2.24, 2.45) is 0 Å². The first kappa shape index (κ1) is 17.3. The summed E-state index contributed by atoms with van der Waals surface area (Å²) >= 11 is 0. The number of nitrogens with zero attached hydrogens (tertiary/aromatic N) is 1. The van der Waals surface area contributed by atoms with Crippen LogP contribution >= 0.6 is 0 Å². The maximum absolute atomic E-state index is 12.7. The molecule has 2 N–H and O–H groups in total. The number of hydrogen-bond donors (Lipinski definition) is 2. The van der Waals surface area contributed by atoms with E-state index in [1.54, 1.807) is 0 Å². The highest BCUT2D eigenvalue weighted by Crippen LogP contribution is 2.38. The Morgan fingerprint density at radius 1 is 1.45 bits per heavy atom. The number of halogens is 3. The van der Waals surface area contributed by atoms with E-state index in [0.717, 1.165) is 12.8 Å². The van der Waals surface area contributed by atoms with Crippen LogP contribution in [0.4, 0.5) is 18.0 Å². The van der Waals surface area contributed by atoms with Gasteiger partial charge in [0.25, 0.3) is 0 Å². The molecule has 2 aliphatic rings. The first-order valence-corrected chi connectivity index (χ1v) is 7.73. The normalized spacial score (nSPS) is 26.8. The fraction of sp³-hybridized carbons (Fsp3) is 0.929. The highest BCUT2D eigenvalue weighted by molar-refractivity contribution is 5.74. The zero-order valence-corrected chi connectivity index (χ0v) is 12.7. The zero-order valence-electron chi connectivity index (χ0n) is 12.7. The lowest BCUT2D eigenvalue weighted by atomic mass is 9.91. The van der Waals surface area contributed by atoms with Gasteiger partial charge in [0.1, 0.15) is 0 Å². The fourth-order valence-electron chi connectivity index (χ4n) is 2.99. The minimum Gasteiger partial charge on any atom is -0.380 e. The Morgan fingerprint density at radius 3 is 2.55 bits per heavy atom. The SMILES string of the molecule is CCC(NC(=O)N1CCC(O)(C(F)(F)F)CC1)C1CCCO1. The second-order valence-corrected chi connectivity index (χ2v) is 6.03. The summed E-state index contributed by atoms with van der Waals surface area (Å²) in [5, 5.41) is 12.4. The van der Waals surface area contributed by atoms with Gasteiger partial charge in [-0.15, -0.1) is 0 Å². The molecule has 0 radical (unpaired) electrons. The van der Waals surface area contributed by atoms with Crippen molar-refractivity contribution in [2.75, 3.05) is 19.7 Å². The van der Waals surface area contributed by atoms with Crippen molar-refractivity contribution in [3.05, 3.63) is 0 Å². The van der Waals surface area contributed by atoms with Gasteiger partial charge in [0.15, 0.2) is 5.60 Å². The van der Waals surface area contributed by atoms with Crippen molar-refractivity contribution in [2.45, 2.75) is 63.0 Å². The minimum absolute atomic E-state index is 0.0224. The van der Waals surface area contributed by atoms with Crippen molar-refractivity contribution in [3.8, 4) is 0 Å². The molecule has 2 heterocycles. The number of carbonyl (C=O) groups excluding carboxylic acids is 1. The van der Waals surface area contributed by atoms with E-state index in [9.17, 15) is 23.1 Å². The first-order chi connectivity index (χ1) is 10.3. The quantitative estimate of drug-likeness (QED) is 0.835. The number of carbonyl (C=O) groups is 1. The molecule has 22 heavy (non-hydrogen) atoms. The summed E-state index contributed by atoms with van der Waals surface area (Å²) in [5.41, 5.74) is -2.68. The first-order valence-electron chi connectivity index (χ1n) is 7.73. The molecule has 0 aromatic carbocycles. The topological polar surface area (TPSA) is 61.8 Å². The van der Waals surface area contributed by atoms with Crippen molar-refractivity contribution in [3.63, 3.8) is 0 Å². The lowest BCUT2D eigenvalue weighted by molar-refractivity contribution is -0.271. The van der Waals surface area contributed by atoms with Crippen LogP contribution in [0.5, 0.6) is 0 Å². The molecule has 0 aromatic rings. The highest BCUT2D eigenvalue weighted by atomic mass is 19.4. The van der Waals surface area contributed by atoms with Gasteiger partial charge < -0.3 is 20.1 Å². The van der Waals surface area contributed by atoms with Gasteiger partial charge >= 0.3 is 12.2 Å². The maximum Gasteiger partial charge on any atom is 0.417 e. The summed E-state index contributed by atoms with van der Waals surface area (Å²) in [4.78, 5) is 13.5. The summed E-state index contributed by atoms with van der Waals surface area (Å²) in [7, 11) is 0. The second kappa shape index (κ2) is 6.62. The Labute approximate surface area is 127 Å².